The Kier molecular flexibility index (Phi) is 5.93. The van der Waals surface area contributed by atoms with Gasteiger partial charge in [-0.1, -0.05) is 23.8 Å². The van der Waals surface area contributed by atoms with Crippen molar-refractivity contribution in [2.45, 2.75) is 19.8 Å². The quantitative estimate of drug-likeness (QED) is 0.228. The van der Waals surface area contributed by atoms with E-state index in [0.717, 1.165) is 16.7 Å². The molecule has 0 saturated carbocycles. The van der Waals surface area contributed by atoms with Crippen molar-refractivity contribution in [2.75, 3.05) is 10.2 Å². The average molecular weight is 482 g/mol. The monoisotopic (exact) mass is 481 g/mol. The van der Waals surface area contributed by atoms with Crippen LogP contribution in [0, 0.1) is 22.0 Å². The fourth-order valence-corrected chi connectivity index (χ4v) is 4.78. The number of carbonyl (C=O) groups is 3. The SMILES string of the molecule is CC1=CC[C@H]2C(=O)N(c3ccc(C(=O)Nc4ccc(-c5ccc([N+](=O)[O-])cc5)cc4)cc3)C(=O)[C@@H]2C1. The standard InChI is InChI=1S/C28H23N3O5/c1-17-2-15-24-25(16-17)28(34)30(27(24)33)22-11-7-20(8-12-22)26(32)29-21-9-3-18(4-10-21)19-5-13-23(14-6-19)31(35)36/h2-14,24-25H,15-16H2,1H3,(H,29,32)/t24-,25-/m1/s1. The molecule has 0 bridgehead atoms. The first kappa shape index (κ1) is 23.2. The second kappa shape index (κ2) is 9.22. The van der Waals surface area contributed by atoms with Gasteiger partial charge in [-0.2, -0.15) is 0 Å². The highest BCUT2D eigenvalue weighted by atomic mass is 16.6. The lowest BCUT2D eigenvalue weighted by Crippen LogP contribution is -2.30. The van der Waals surface area contributed by atoms with Crippen LogP contribution in [0.25, 0.3) is 11.1 Å². The Balaban J connectivity index is 1.25. The van der Waals surface area contributed by atoms with Crippen LogP contribution in [-0.4, -0.2) is 22.6 Å². The van der Waals surface area contributed by atoms with Gasteiger partial charge in [-0.3, -0.25) is 29.4 Å². The number of allylic oxidation sites excluding steroid dienone is 2. The molecule has 0 unspecified atom stereocenters. The van der Waals surface area contributed by atoms with Crippen LogP contribution in [-0.2, 0) is 9.59 Å². The molecule has 1 N–H and O–H groups in total. The summed E-state index contributed by atoms with van der Waals surface area (Å²) in [6, 6.07) is 19.8. The number of carbonyl (C=O) groups excluding carboxylic acids is 3. The third-order valence-corrected chi connectivity index (χ3v) is 6.76. The van der Waals surface area contributed by atoms with E-state index < -0.39 is 4.92 Å². The third-order valence-electron chi connectivity index (χ3n) is 6.76. The number of nitro benzene ring substituents is 1. The maximum Gasteiger partial charge on any atom is 0.269 e. The average Bonchev–Trinajstić information content (AvgIpc) is 3.13. The highest BCUT2D eigenvalue weighted by Crippen LogP contribution is 2.39. The van der Waals surface area contributed by atoms with E-state index in [-0.39, 0.29) is 35.2 Å². The molecule has 36 heavy (non-hydrogen) atoms. The van der Waals surface area contributed by atoms with Gasteiger partial charge < -0.3 is 5.32 Å². The van der Waals surface area contributed by atoms with Gasteiger partial charge in [-0.15, -0.1) is 0 Å². The molecule has 1 heterocycles. The normalized spacial score (nSPS) is 19.0. The predicted molar refractivity (Wildman–Crippen MR) is 135 cm³/mol. The number of benzene rings is 3. The number of imide groups is 1. The Morgan fingerprint density at radius 1 is 0.889 bits per heavy atom. The van der Waals surface area contributed by atoms with Gasteiger partial charge in [0, 0.05) is 23.4 Å². The molecule has 8 heteroatoms. The molecule has 2 aliphatic rings. The summed E-state index contributed by atoms with van der Waals surface area (Å²) in [6.45, 7) is 1.98. The molecule has 5 rings (SSSR count). The van der Waals surface area contributed by atoms with Crippen molar-refractivity contribution in [1.29, 1.82) is 0 Å². The molecule has 1 fully saturated rings. The van der Waals surface area contributed by atoms with Crippen LogP contribution in [0.5, 0.6) is 0 Å². The number of anilines is 2. The number of hydrogen-bond acceptors (Lipinski definition) is 5. The number of amides is 3. The Labute approximate surface area is 207 Å². The van der Waals surface area contributed by atoms with E-state index in [1.54, 1.807) is 48.5 Å². The zero-order valence-corrected chi connectivity index (χ0v) is 19.5. The number of nitro groups is 1. The summed E-state index contributed by atoms with van der Waals surface area (Å²) < 4.78 is 0. The maximum atomic E-state index is 12.9. The van der Waals surface area contributed by atoms with Crippen LogP contribution in [0.3, 0.4) is 0 Å². The largest absolute Gasteiger partial charge is 0.322 e. The molecular weight excluding hydrogens is 458 g/mol. The molecule has 3 aromatic rings. The first-order valence-corrected chi connectivity index (χ1v) is 11.6. The highest BCUT2D eigenvalue weighted by Gasteiger charge is 2.48. The van der Waals surface area contributed by atoms with Crippen LogP contribution in [0.15, 0.2) is 84.4 Å². The number of fused-ring (bicyclic) bond motifs is 1. The van der Waals surface area contributed by atoms with E-state index in [1.165, 1.54) is 17.0 Å². The lowest BCUT2D eigenvalue weighted by molar-refractivity contribution is -0.384. The van der Waals surface area contributed by atoms with E-state index in [9.17, 15) is 24.5 Å². The van der Waals surface area contributed by atoms with Crippen molar-refractivity contribution < 1.29 is 19.3 Å². The molecule has 3 amide bonds. The van der Waals surface area contributed by atoms with E-state index in [1.807, 2.05) is 25.1 Å². The summed E-state index contributed by atoms with van der Waals surface area (Å²) in [5.41, 5.74) is 4.30. The topological polar surface area (TPSA) is 110 Å². The smallest absolute Gasteiger partial charge is 0.269 e. The summed E-state index contributed by atoms with van der Waals surface area (Å²) in [7, 11) is 0. The van der Waals surface area contributed by atoms with Gasteiger partial charge in [0.1, 0.15) is 0 Å². The molecule has 180 valence electrons. The fraction of sp³-hybridized carbons (Fsp3) is 0.179. The van der Waals surface area contributed by atoms with Crippen molar-refractivity contribution in [1.82, 2.24) is 0 Å². The molecule has 0 spiro atoms. The van der Waals surface area contributed by atoms with Crippen LogP contribution in [0.2, 0.25) is 0 Å². The summed E-state index contributed by atoms with van der Waals surface area (Å²) >= 11 is 0. The Hall–Kier alpha value is -4.59. The maximum absolute atomic E-state index is 12.9. The molecule has 0 radical (unpaired) electrons. The zero-order valence-electron chi connectivity index (χ0n) is 19.5. The molecular formula is C28H23N3O5. The van der Waals surface area contributed by atoms with Gasteiger partial charge in [-0.25, -0.2) is 0 Å². The highest BCUT2D eigenvalue weighted by molar-refractivity contribution is 6.22. The molecule has 1 aliphatic carbocycles. The van der Waals surface area contributed by atoms with Crippen molar-refractivity contribution in [3.8, 4) is 11.1 Å². The molecule has 3 aromatic carbocycles. The Morgan fingerprint density at radius 3 is 2.08 bits per heavy atom. The lowest BCUT2D eigenvalue weighted by atomic mass is 9.82. The summed E-state index contributed by atoms with van der Waals surface area (Å²) in [5, 5.41) is 13.7. The van der Waals surface area contributed by atoms with Crippen LogP contribution >= 0.6 is 0 Å². The Bertz CT molecular complexity index is 1390. The molecule has 0 aromatic heterocycles. The van der Waals surface area contributed by atoms with Crippen LogP contribution in [0.4, 0.5) is 17.1 Å². The molecule has 2 atom stereocenters. The minimum atomic E-state index is -0.444. The van der Waals surface area contributed by atoms with Crippen LogP contribution < -0.4 is 10.2 Å². The summed E-state index contributed by atoms with van der Waals surface area (Å²) in [6.07, 6.45) is 3.22. The van der Waals surface area contributed by atoms with Crippen molar-refractivity contribution in [3.63, 3.8) is 0 Å². The van der Waals surface area contributed by atoms with Crippen LogP contribution in [0.1, 0.15) is 30.1 Å². The van der Waals surface area contributed by atoms with E-state index in [4.69, 9.17) is 0 Å². The predicted octanol–water partition coefficient (Wildman–Crippen LogP) is 5.36. The van der Waals surface area contributed by atoms with Crippen molar-refractivity contribution in [3.05, 3.63) is 100 Å². The van der Waals surface area contributed by atoms with Gasteiger partial charge in [0.25, 0.3) is 11.6 Å². The minimum Gasteiger partial charge on any atom is -0.322 e. The second-order valence-electron chi connectivity index (χ2n) is 9.10. The summed E-state index contributed by atoms with van der Waals surface area (Å²) in [5.74, 6) is -1.29. The second-order valence-corrected chi connectivity index (χ2v) is 9.10. The number of hydrogen-bond donors (Lipinski definition) is 1. The molecule has 1 saturated heterocycles. The van der Waals surface area contributed by atoms with E-state index >= 15 is 0 Å². The lowest BCUT2D eigenvalue weighted by Gasteiger charge is -2.18. The number of nitrogens with one attached hydrogen (secondary N) is 1. The van der Waals surface area contributed by atoms with Crippen molar-refractivity contribution >= 4 is 34.8 Å². The van der Waals surface area contributed by atoms with Gasteiger partial charge in [0.2, 0.25) is 11.8 Å². The zero-order chi connectivity index (χ0) is 25.4. The first-order chi connectivity index (χ1) is 17.3. The van der Waals surface area contributed by atoms with Gasteiger partial charge in [0.05, 0.1) is 22.4 Å². The van der Waals surface area contributed by atoms with E-state index in [2.05, 4.69) is 5.32 Å². The number of rotatable bonds is 5. The number of nitrogens with zero attached hydrogens (tertiary/aromatic N) is 2. The fourth-order valence-electron chi connectivity index (χ4n) is 4.78. The van der Waals surface area contributed by atoms with Gasteiger partial charge in [0.15, 0.2) is 0 Å². The van der Waals surface area contributed by atoms with Crippen molar-refractivity contribution in [2.24, 2.45) is 11.8 Å². The third kappa shape index (κ3) is 4.29. The minimum absolute atomic E-state index is 0.0255. The van der Waals surface area contributed by atoms with Gasteiger partial charge in [-0.05, 0) is 79.4 Å². The van der Waals surface area contributed by atoms with Gasteiger partial charge >= 0.3 is 0 Å². The Morgan fingerprint density at radius 2 is 1.47 bits per heavy atom. The van der Waals surface area contributed by atoms with E-state index in [0.29, 0.717) is 29.8 Å². The summed E-state index contributed by atoms with van der Waals surface area (Å²) in [4.78, 5) is 50.1. The molecule has 8 nitrogen and oxygen atoms in total. The molecule has 1 aliphatic heterocycles. The first-order valence-electron chi connectivity index (χ1n) is 11.6. The number of non-ortho nitro benzene ring substituents is 1.